The van der Waals surface area contributed by atoms with Crippen molar-refractivity contribution in [3.05, 3.63) is 109 Å². The van der Waals surface area contributed by atoms with E-state index in [0.717, 1.165) is 33.5 Å². The molecule has 0 fully saturated rings. The predicted octanol–water partition coefficient (Wildman–Crippen LogP) is 8.27. The first kappa shape index (κ1) is 19.8. The minimum absolute atomic E-state index is 0.647. The maximum atomic E-state index is 10.2. The monoisotopic (exact) mass is 465 g/mol. The molecule has 7 aromatic rings. The van der Waals surface area contributed by atoms with Crippen LogP contribution in [-0.2, 0) is 0 Å². The van der Waals surface area contributed by atoms with Crippen LogP contribution in [0.15, 0.2) is 103 Å². The number of benzene rings is 5. The fraction of sp³-hybridized carbons (Fsp3) is 0. The molecule has 0 radical (unpaired) electrons. The van der Waals surface area contributed by atoms with Crippen LogP contribution in [0.25, 0.3) is 58.8 Å². The Hall–Kier alpha value is -4.59. The first-order valence-electron chi connectivity index (χ1n) is 11.5. The second kappa shape index (κ2) is 7.46. The summed E-state index contributed by atoms with van der Waals surface area (Å²) in [6.07, 6.45) is 0. The van der Waals surface area contributed by atoms with Gasteiger partial charge in [0.05, 0.1) is 22.3 Å². The number of hydrogen-bond donors (Lipinski definition) is 1. The zero-order valence-electron chi connectivity index (χ0n) is 18.7. The molecule has 0 saturated carbocycles. The van der Waals surface area contributed by atoms with Gasteiger partial charge in [-0.25, -0.2) is 0 Å². The quantitative estimate of drug-likeness (QED) is 0.261. The van der Waals surface area contributed by atoms with Gasteiger partial charge in [-0.3, -0.25) is 0 Å². The zero-order chi connectivity index (χ0) is 23.5. The number of aromatic nitrogens is 1. The molecule has 0 aliphatic heterocycles. The van der Waals surface area contributed by atoms with Crippen LogP contribution in [0, 0.1) is 11.3 Å². The zero-order valence-corrected chi connectivity index (χ0v) is 19.5. The van der Waals surface area contributed by atoms with Gasteiger partial charge in [-0.05, 0) is 54.1 Å². The lowest BCUT2D eigenvalue weighted by Gasteiger charge is -2.16. The second-order valence-electron chi connectivity index (χ2n) is 8.75. The van der Waals surface area contributed by atoms with E-state index < -0.39 is 0 Å². The van der Waals surface area contributed by atoms with Gasteiger partial charge in [-0.1, -0.05) is 54.6 Å². The van der Waals surface area contributed by atoms with Crippen LogP contribution in [-0.4, -0.2) is 4.57 Å². The van der Waals surface area contributed by atoms with Crippen LogP contribution < -0.4 is 5.73 Å². The van der Waals surface area contributed by atoms with Crippen LogP contribution in [0.2, 0.25) is 0 Å². The molecule has 3 nitrogen and oxygen atoms in total. The highest BCUT2D eigenvalue weighted by Gasteiger charge is 2.19. The molecule has 0 saturated heterocycles. The molecule has 35 heavy (non-hydrogen) atoms. The van der Waals surface area contributed by atoms with Crippen molar-refractivity contribution in [3.8, 4) is 22.9 Å². The van der Waals surface area contributed by atoms with E-state index in [1.165, 1.54) is 30.9 Å². The third-order valence-electron chi connectivity index (χ3n) is 6.76. The third kappa shape index (κ3) is 2.89. The summed E-state index contributed by atoms with van der Waals surface area (Å²) >= 11 is 1.77. The summed E-state index contributed by atoms with van der Waals surface area (Å²) in [5.74, 6) is 0. The number of hydrogen-bond acceptors (Lipinski definition) is 3. The highest BCUT2D eigenvalue weighted by Crippen LogP contribution is 2.41. The number of fused-ring (bicyclic) bond motifs is 6. The van der Waals surface area contributed by atoms with Crippen LogP contribution in [0.4, 0.5) is 5.69 Å². The van der Waals surface area contributed by atoms with Gasteiger partial charge in [0.2, 0.25) is 0 Å². The van der Waals surface area contributed by atoms with Gasteiger partial charge in [0.15, 0.2) is 0 Å². The van der Waals surface area contributed by atoms with Crippen LogP contribution in [0.5, 0.6) is 0 Å². The maximum Gasteiger partial charge on any atom is 0.101 e. The Morgan fingerprint density at radius 1 is 0.657 bits per heavy atom. The lowest BCUT2D eigenvalue weighted by atomic mass is 9.98. The minimum atomic E-state index is 0.647. The molecule has 0 unspecified atom stereocenters. The molecule has 0 atom stereocenters. The Labute approximate surface area is 205 Å². The fourth-order valence-electron chi connectivity index (χ4n) is 5.23. The summed E-state index contributed by atoms with van der Waals surface area (Å²) in [6.45, 7) is 0. The average Bonchev–Trinajstić information content (AvgIpc) is 3.43. The lowest BCUT2D eigenvalue weighted by Crippen LogP contribution is -2.00. The molecule has 0 amide bonds. The van der Waals surface area contributed by atoms with Crippen LogP contribution in [0.1, 0.15) is 5.56 Å². The summed E-state index contributed by atoms with van der Waals surface area (Å²) in [6, 6.07) is 37.9. The van der Waals surface area contributed by atoms with E-state index >= 15 is 0 Å². The van der Waals surface area contributed by atoms with Gasteiger partial charge < -0.3 is 10.3 Å². The number of para-hydroxylation sites is 3. The summed E-state index contributed by atoms with van der Waals surface area (Å²) in [4.78, 5) is 0. The van der Waals surface area contributed by atoms with Crippen molar-refractivity contribution in [1.82, 2.24) is 4.57 Å². The van der Waals surface area contributed by atoms with E-state index in [4.69, 9.17) is 5.73 Å². The summed E-state index contributed by atoms with van der Waals surface area (Å²) < 4.78 is 4.69. The van der Waals surface area contributed by atoms with Crippen molar-refractivity contribution >= 4 is 59.0 Å². The maximum absolute atomic E-state index is 10.2. The highest BCUT2D eigenvalue weighted by atomic mass is 32.1. The molecule has 2 heterocycles. The Morgan fingerprint density at radius 2 is 1.31 bits per heavy atom. The molecule has 0 aliphatic rings. The third-order valence-corrected chi connectivity index (χ3v) is 7.92. The molecule has 7 rings (SSSR count). The minimum Gasteiger partial charge on any atom is -0.399 e. The normalized spacial score (nSPS) is 11.5. The van der Waals surface area contributed by atoms with E-state index in [1.807, 2.05) is 18.2 Å². The van der Waals surface area contributed by atoms with E-state index in [0.29, 0.717) is 5.56 Å². The van der Waals surface area contributed by atoms with Gasteiger partial charge in [0, 0.05) is 42.2 Å². The molecule has 2 N–H and O–H groups in total. The van der Waals surface area contributed by atoms with Gasteiger partial charge in [0.25, 0.3) is 0 Å². The van der Waals surface area contributed by atoms with Crippen molar-refractivity contribution in [3.63, 3.8) is 0 Å². The van der Waals surface area contributed by atoms with Crippen LogP contribution in [0.3, 0.4) is 0 Å². The molecular weight excluding hydrogens is 446 g/mol. The predicted molar refractivity (Wildman–Crippen MR) is 148 cm³/mol. The Bertz CT molecular complexity index is 1930. The fourth-order valence-corrected chi connectivity index (χ4v) is 6.30. The van der Waals surface area contributed by atoms with E-state index in [1.54, 1.807) is 11.3 Å². The first-order chi connectivity index (χ1) is 17.2. The average molecular weight is 466 g/mol. The van der Waals surface area contributed by atoms with Gasteiger partial charge in [-0.2, -0.15) is 5.26 Å². The number of nitrogens with zero attached hydrogens (tertiary/aromatic N) is 2. The summed E-state index contributed by atoms with van der Waals surface area (Å²) in [5, 5.41) is 14.9. The Balaban J connectivity index is 1.59. The number of nitrogens with two attached hydrogens (primary N) is 1. The molecule has 2 aromatic heterocycles. The van der Waals surface area contributed by atoms with Crippen molar-refractivity contribution < 1.29 is 0 Å². The number of nitrogen functional groups attached to an aromatic ring is 1. The lowest BCUT2D eigenvalue weighted by molar-refractivity contribution is 1.17. The molecule has 0 aliphatic carbocycles. The highest BCUT2D eigenvalue weighted by molar-refractivity contribution is 7.25. The number of anilines is 1. The van der Waals surface area contributed by atoms with Crippen molar-refractivity contribution in [2.75, 3.05) is 5.73 Å². The Morgan fingerprint density at radius 3 is 2.03 bits per heavy atom. The smallest absolute Gasteiger partial charge is 0.101 e. The first-order valence-corrected chi connectivity index (χ1v) is 12.3. The molecule has 0 bridgehead atoms. The van der Waals surface area contributed by atoms with Gasteiger partial charge in [-0.15, -0.1) is 11.3 Å². The van der Waals surface area contributed by atoms with E-state index in [2.05, 4.69) is 95.6 Å². The van der Waals surface area contributed by atoms with Gasteiger partial charge >= 0.3 is 0 Å². The van der Waals surface area contributed by atoms with Crippen molar-refractivity contribution in [2.45, 2.75) is 0 Å². The van der Waals surface area contributed by atoms with E-state index in [-0.39, 0.29) is 0 Å². The largest absolute Gasteiger partial charge is 0.399 e. The van der Waals surface area contributed by atoms with Gasteiger partial charge in [0.1, 0.15) is 6.07 Å². The number of thiophene rings is 1. The second-order valence-corrected chi connectivity index (χ2v) is 9.84. The van der Waals surface area contributed by atoms with Crippen LogP contribution >= 0.6 is 11.3 Å². The molecule has 4 heteroatoms. The molecule has 164 valence electrons. The molecule has 5 aromatic carbocycles. The Kier molecular flexibility index (Phi) is 4.23. The molecule has 0 spiro atoms. The van der Waals surface area contributed by atoms with Crippen molar-refractivity contribution in [1.29, 1.82) is 5.26 Å². The number of nitriles is 1. The SMILES string of the molecule is N#Cc1cccc(-c2ccc3sc4ccc(N)cc4c3c2)c1-n1c2ccccc2c2ccccc21. The summed E-state index contributed by atoms with van der Waals surface area (Å²) in [7, 11) is 0. The molecular formula is C31H19N3S. The number of rotatable bonds is 2. The topological polar surface area (TPSA) is 54.7 Å². The standard InChI is InChI=1S/C31H19N3S/c32-18-20-6-5-9-22(19-12-14-29-25(16-19)26-17-21(33)13-15-30(26)35-29)31(20)34-27-10-3-1-7-23(27)24-8-2-4-11-28(24)34/h1-17H,33H2. The van der Waals surface area contributed by atoms with Crippen molar-refractivity contribution in [2.24, 2.45) is 0 Å². The van der Waals surface area contributed by atoms with E-state index in [9.17, 15) is 5.26 Å². The summed E-state index contributed by atoms with van der Waals surface area (Å²) in [5.41, 5.74) is 12.7.